The van der Waals surface area contributed by atoms with Crippen LogP contribution in [0.25, 0.3) is 0 Å². The van der Waals surface area contributed by atoms with E-state index >= 15 is 0 Å². The molecule has 20 heavy (non-hydrogen) atoms. The number of carbonyl (C=O) groups excluding carboxylic acids is 1. The molecule has 0 saturated carbocycles. The standard InChI is InChI=1S/C12H12ClF3N2O.ClH/c13-10-2-1-8(5-9(10)12(14,15)16)18-11(19)7-3-4-17-6-7;/h1-2,5,7,17H,3-4,6H2,(H,18,19);1H. The van der Waals surface area contributed by atoms with Gasteiger partial charge >= 0.3 is 6.18 Å². The molecule has 1 unspecified atom stereocenters. The van der Waals surface area contributed by atoms with Crippen LogP contribution < -0.4 is 10.6 Å². The maximum absolute atomic E-state index is 12.7. The monoisotopic (exact) mass is 328 g/mol. The lowest BCUT2D eigenvalue weighted by Gasteiger charge is -2.13. The number of rotatable bonds is 2. The van der Waals surface area contributed by atoms with Gasteiger partial charge in [0.15, 0.2) is 0 Å². The van der Waals surface area contributed by atoms with E-state index in [1.165, 1.54) is 6.07 Å². The third-order valence-corrected chi connectivity index (χ3v) is 3.30. The van der Waals surface area contributed by atoms with E-state index in [9.17, 15) is 18.0 Å². The van der Waals surface area contributed by atoms with Crippen molar-refractivity contribution in [3.63, 3.8) is 0 Å². The Morgan fingerprint density at radius 3 is 2.65 bits per heavy atom. The first-order chi connectivity index (χ1) is 8.88. The van der Waals surface area contributed by atoms with E-state index in [0.717, 1.165) is 18.7 Å². The van der Waals surface area contributed by atoms with E-state index in [1.807, 2.05) is 0 Å². The fourth-order valence-corrected chi connectivity index (χ4v) is 2.17. The van der Waals surface area contributed by atoms with Gasteiger partial charge in [0.1, 0.15) is 0 Å². The van der Waals surface area contributed by atoms with Crippen molar-refractivity contribution in [3.05, 3.63) is 28.8 Å². The molecular weight excluding hydrogens is 316 g/mol. The lowest BCUT2D eigenvalue weighted by Crippen LogP contribution is -2.24. The minimum atomic E-state index is -4.53. The Labute approximate surface area is 125 Å². The SMILES string of the molecule is Cl.O=C(Nc1ccc(Cl)c(C(F)(F)F)c1)C1CCNC1. The first-order valence-electron chi connectivity index (χ1n) is 5.76. The fraction of sp³-hybridized carbons (Fsp3) is 0.417. The molecule has 3 nitrogen and oxygen atoms in total. The molecule has 0 bridgehead atoms. The van der Waals surface area contributed by atoms with Crippen LogP contribution in [0.3, 0.4) is 0 Å². The van der Waals surface area contributed by atoms with Crippen LogP contribution in [0.15, 0.2) is 18.2 Å². The Morgan fingerprint density at radius 2 is 2.10 bits per heavy atom. The van der Waals surface area contributed by atoms with Crippen LogP contribution in [0.1, 0.15) is 12.0 Å². The number of carbonyl (C=O) groups is 1. The molecule has 1 amide bonds. The van der Waals surface area contributed by atoms with Gasteiger partial charge in [-0.05, 0) is 31.2 Å². The molecule has 1 aromatic rings. The van der Waals surface area contributed by atoms with Gasteiger partial charge in [-0.15, -0.1) is 12.4 Å². The number of hydrogen-bond acceptors (Lipinski definition) is 2. The highest BCUT2D eigenvalue weighted by atomic mass is 35.5. The Kier molecular flexibility index (Phi) is 5.68. The molecule has 1 aromatic carbocycles. The van der Waals surface area contributed by atoms with E-state index in [-0.39, 0.29) is 34.9 Å². The fourth-order valence-electron chi connectivity index (χ4n) is 1.94. The summed E-state index contributed by atoms with van der Waals surface area (Å²) in [4.78, 5) is 11.8. The summed E-state index contributed by atoms with van der Waals surface area (Å²) in [6.07, 6.45) is -3.85. The van der Waals surface area contributed by atoms with Gasteiger partial charge in [0.05, 0.1) is 16.5 Å². The molecule has 0 radical (unpaired) electrons. The summed E-state index contributed by atoms with van der Waals surface area (Å²) in [7, 11) is 0. The Hall–Kier alpha value is -0.980. The number of alkyl halides is 3. The summed E-state index contributed by atoms with van der Waals surface area (Å²) in [5, 5.41) is 5.13. The summed E-state index contributed by atoms with van der Waals surface area (Å²) in [5.41, 5.74) is -0.842. The Balaban J connectivity index is 0.00000200. The second-order valence-electron chi connectivity index (χ2n) is 4.37. The third-order valence-electron chi connectivity index (χ3n) is 2.97. The van der Waals surface area contributed by atoms with E-state index in [2.05, 4.69) is 10.6 Å². The molecule has 112 valence electrons. The normalized spacial score (nSPS) is 18.5. The van der Waals surface area contributed by atoms with Crippen molar-refractivity contribution in [2.45, 2.75) is 12.6 Å². The van der Waals surface area contributed by atoms with Crippen molar-refractivity contribution >= 4 is 35.6 Å². The highest BCUT2D eigenvalue weighted by Gasteiger charge is 2.33. The molecular formula is C12H13Cl2F3N2O. The zero-order valence-corrected chi connectivity index (χ0v) is 11.8. The molecule has 1 saturated heterocycles. The second kappa shape index (κ2) is 6.65. The van der Waals surface area contributed by atoms with E-state index in [1.54, 1.807) is 0 Å². The highest BCUT2D eigenvalue weighted by Crippen LogP contribution is 2.36. The van der Waals surface area contributed by atoms with Gasteiger partial charge in [-0.3, -0.25) is 4.79 Å². The van der Waals surface area contributed by atoms with Crippen LogP contribution in [-0.2, 0) is 11.0 Å². The zero-order valence-electron chi connectivity index (χ0n) is 10.3. The smallest absolute Gasteiger partial charge is 0.326 e. The minimum Gasteiger partial charge on any atom is -0.326 e. The molecule has 0 aliphatic carbocycles. The van der Waals surface area contributed by atoms with Crippen LogP contribution in [0.4, 0.5) is 18.9 Å². The molecule has 0 spiro atoms. The quantitative estimate of drug-likeness (QED) is 0.874. The molecule has 0 aromatic heterocycles. The van der Waals surface area contributed by atoms with Crippen molar-refractivity contribution in [3.8, 4) is 0 Å². The largest absolute Gasteiger partial charge is 0.417 e. The van der Waals surface area contributed by atoms with Gasteiger partial charge in [-0.25, -0.2) is 0 Å². The average molecular weight is 329 g/mol. The molecule has 1 heterocycles. The van der Waals surface area contributed by atoms with Crippen LogP contribution in [-0.4, -0.2) is 19.0 Å². The highest BCUT2D eigenvalue weighted by molar-refractivity contribution is 6.31. The summed E-state index contributed by atoms with van der Waals surface area (Å²) in [5.74, 6) is -0.481. The van der Waals surface area contributed by atoms with Gasteiger partial charge in [0.2, 0.25) is 5.91 Å². The van der Waals surface area contributed by atoms with Gasteiger partial charge < -0.3 is 10.6 Å². The number of hydrogen-bond donors (Lipinski definition) is 2. The summed E-state index contributed by atoms with van der Waals surface area (Å²) >= 11 is 5.50. The predicted molar refractivity (Wildman–Crippen MR) is 73.3 cm³/mol. The Morgan fingerprint density at radius 1 is 1.40 bits per heavy atom. The number of halogens is 5. The van der Waals surface area contributed by atoms with Crippen molar-refractivity contribution in [2.75, 3.05) is 18.4 Å². The van der Waals surface area contributed by atoms with Crippen LogP contribution >= 0.6 is 24.0 Å². The molecule has 1 atom stereocenters. The minimum absolute atomic E-state index is 0. The van der Waals surface area contributed by atoms with Gasteiger partial charge in [0, 0.05) is 12.2 Å². The van der Waals surface area contributed by atoms with E-state index < -0.39 is 11.7 Å². The second-order valence-corrected chi connectivity index (χ2v) is 4.78. The Bertz CT molecular complexity index is 488. The molecule has 2 rings (SSSR count). The number of amides is 1. The predicted octanol–water partition coefficient (Wildman–Crippen LogP) is 3.33. The van der Waals surface area contributed by atoms with Crippen molar-refractivity contribution in [2.24, 2.45) is 5.92 Å². The topological polar surface area (TPSA) is 41.1 Å². The van der Waals surface area contributed by atoms with Crippen molar-refractivity contribution in [1.29, 1.82) is 0 Å². The summed E-state index contributed by atoms with van der Waals surface area (Å²) in [6.45, 7) is 1.29. The number of nitrogens with one attached hydrogen (secondary N) is 2. The molecule has 1 aliphatic heterocycles. The first kappa shape index (κ1) is 17.1. The molecule has 8 heteroatoms. The first-order valence-corrected chi connectivity index (χ1v) is 6.14. The molecule has 2 N–H and O–H groups in total. The molecule has 1 aliphatic rings. The van der Waals surface area contributed by atoms with Gasteiger partial charge in [-0.2, -0.15) is 13.2 Å². The maximum Gasteiger partial charge on any atom is 0.417 e. The van der Waals surface area contributed by atoms with Crippen LogP contribution in [0, 0.1) is 5.92 Å². The van der Waals surface area contributed by atoms with Crippen molar-refractivity contribution in [1.82, 2.24) is 5.32 Å². The van der Waals surface area contributed by atoms with E-state index in [4.69, 9.17) is 11.6 Å². The van der Waals surface area contributed by atoms with Gasteiger partial charge in [0.25, 0.3) is 0 Å². The lowest BCUT2D eigenvalue weighted by atomic mass is 10.1. The molecule has 1 fully saturated rings. The third kappa shape index (κ3) is 4.01. The summed E-state index contributed by atoms with van der Waals surface area (Å²) < 4.78 is 38.0. The van der Waals surface area contributed by atoms with Crippen LogP contribution in [0.5, 0.6) is 0 Å². The number of benzene rings is 1. The van der Waals surface area contributed by atoms with Crippen LogP contribution in [0.2, 0.25) is 5.02 Å². The lowest BCUT2D eigenvalue weighted by molar-refractivity contribution is -0.137. The van der Waals surface area contributed by atoms with Gasteiger partial charge in [-0.1, -0.05) is 11.6 Å². The maximum atomic E-state index is 12.7. The summed E-state index contributed by atoms with van der Waals surface area (Å²) in [6, 6.07) is 3.34. The zero-order chi connectivity index (χ0) is 14.0. The number of anilines is 1. The average Bonchev–Trinajstić information content (AvgIpc) is 2.83. The van der Waals surface area contributed by atoms with Crippen molar-refractivity contribution < 1.29 is 18.0 Å². The van der Waals surface area contributed by atoms with E-state index in [0.29, 0.717) is 13.0 Å².